The van der Waals surface area contributed by atoms with Gasteiger partial charge in [0.2, 0.25) is 5.82 Å². The van der Waals surface area contributed by atoms with Gasteiger partial charge in [-0.15, -0.1) is 0 Å². The van der Waals surface area contributed by atoms with E-state index in [0.717, 1.165) is 34.2 Å². The summed E-state index contributed by atoms with van der Waals surface area (Å²) in [6.07, 6.45) is 4.26. The van der Waals surface area contributed by atoms with Gasteiger partial charge in [-0.05, 0) is 61.4 Å². The summed E-state index contributed by atoms with van der Waals surface area (Å²) in [5.41, 5.74) is 1.61. The normalized spacial score (nSPS) is 16.7. The minimum atomic E-state index is 0.0946. The molecule has 1 aliphatic carbocycles. The van der Waals surface area contributed by atoms with Crippen LogP contribution in [-0.4, -0.2) is 21.4 Å². The van der Waals surface area contributed by atoms with Crippen molar-refractivity contribution in [1.82, 2.24) is 10.1 Å². The Morgan fingerprint density at radius 2 is 1.76 bits per heavy atom. The number of allylic oxidation sites excluding steroid dienone is 1. The maximum atomic E-state index is 9.35. The maximum absolute atomic E-state index is 9.35. The van der Waals surface area contributed by atoms with Gasteiger partial charge in [0.15, 0.2) is 0 Å². The number of benzene rings is 2. The van der Waals surface area contributed by atoms with E-state index >= 15 is 0 Å². The van der Waals surface area contributed by atoms with Gasteiger partial charge in [0.05, 0.1) is 0 Å². The molecule has 0 saturated carbocycles. The fourth-order valence-electron chi connectivity index (χ4n) is 2.67. The van der Waals surface area contributed by atoms with Crippen LogP contribution in [0.3, 0.4) is 0 Å². The van der Waals surface area contributed by atoms with Gasteiger partial charge in [-0.1, -0.05) is 27.2 Å². The van der Waals surface area contributed by atoms with Crippen molar-refractivity contribution in [3.05, 3.63) is 59.1 Å². The fraction of sp³-hybridized carbons (Fsp3) is 0.158. The number of ether oxygens (including phenoxy) is 1. The summed E-state index contributed by atoms with van der Waals surface area (Å²) in [5.74, 6) is 1.93. The molecule has 1 atom stereocenters. The SMILES string of the molecule is Oc1ccc(-c2nc(-c3ccc(OC4CCC=C4Br)cc3)no2)cc1. The van der Waals surface area contributed by atoms with Crippen molar-refractivity contribution in [3.63, 3.8) is 0 Å². The minimum absolute atomic E-state index is 0.0946. The summed E-state index contributed by atoms with van der Waals surface area (Å²) in [4.78, 5) is 4.41. The first kappa shape index (κ1) is 15.9. The van der Waals surface area contributed by atoms with Crippen molar-refractivity contribution in [2.24, 2.45) is 0 Å². The van der Waals surface area contributed by atoms with E-state index in [-0.39, 0.29) is 11.9 Å². The Labute approximate surface area is 153 Å². The second-order valence-corrected chi connectivity index (χ2v) is 6.68. The van der Waals surface area contributed by atoms with Crippen molar-refractivity contribution in [2.45, 2.75) is 18.9 Å². The lowest BCUT2D eigenvalue weighted by Gasteiger charge is -2.14. The summed E-state index contributed by atoms with van der Waals surface area (Å²) in [6, 6.07) is 14.3. The third-order valence-corrected chi connectivity index (χ3v) is 4.84. The number of halogens is 1. The Bertz CT molecular complexity index is 901. The van der Waals surface area contributed by atoms with Crippen molar-refractivity contribution in [1.29, 1.82) is 0 Å². The highest BCUT2D eigenvalue weighted by Crippen LogP contribution is 2.30. The van der Waals surface area contributed by atoms with Crippen molar-refractivity contribution in [2.75, 3.05) is 0 Å². The summed E-state index contributed by atoms with van der Waals surface area (Å²) in [5, 5.41) is 13.4. The smallest absolute Gasteiger partial charge is 0.258 e. The molecule has 25 heavy (non-hydrogen) atoms. The van der Waals surface area contributed by atoms with E-state index in [1.54, 1.807) is 24.3 Å². The van der Waals surface area contributed by atoms with Crippen molar-refractivity contribution in [3.8, 4) is 34.3 Å². The van der Waals surface area contributed by atoms with Crippen LogP contribution >= 0.6 is 15.9 Å². The first-order valence-electron chi connectivity index (χ1n) is 7.95. The van der Waals surface area contributed by atoms with Gasteiger partial charge < -0.3 is 14.4 Å². The molecule has 2 aromatic carbocycles. The number of phenolic OH excluding ortho intramolecular Hbond substituents is 1. The lowest BCUT2D eigenvalue weighted by Crippen LogP contribution is -2.12. The molecule has 0 aliphatic heterocycles. The van der Waals surface area contributed by atoms with Gasteiger partial charge in [0.25, 0.3) is 5.89 Å². The predicted octanol–water partition coefficient (Wildman–Crippen LogP) is 4.93. The Balaban J connectivity index is 1.50. The van der Waals surface area contributed by atoms with Crippen LogP contribution in [0, 0.1) is 0 Å². The van der Waals surface area contributed by atoms with Gasteiger partial charge in [-0.25, -0.2) is 0 Å². The Morgan fingerprint density at radius 3 is 2.44 bits per heavy atom. The van der Waals surface area contributed by atoms with E-state index in [4.69, 9.17) is 9.26 Å². The lowest BCUT2D eigenvalue weighted by molar-refractivity contribution is 0.246. The molecular weight excluding hydrogens is 384 g/mol. The van der Waals surface area contributed by atoms with Crippen LogP contribution in [0.5, 0.6) is 11.5 Å². The number of nitrogens with zero attached hydrogens (tertiary/aromatic N) is 2. The van der Waals surface area contributed by atoms with Crippen LogP contribution in [-0.2, 0) is 0 Å². The minimum Gasteiger partial charge on any atom is -0.508 e. The molecule has 1 unspecified atom stereocenters. The van der Waals surface area contributed by atoms with E-state index in [2.05, 4.69) is 32.1 Å². The summed E-state index contributed by atoms with van der Waals surface area (Å²) < 4.78 is 12.4. The van der Waals surface area contributed by atoms with Crippen molar-refractivity contribution < 1.29 is 14.4 Å². The molecule has 1 N–H and O–H groups in total. The Morgan fingerprint density at radius 1 is 1.04 bits per heavy atom. The molecule has 5 nitrogen and oxygen atoms in total. The quantitative estimate of drug-likeness (QED) is 0.674. The first-order chi connectivity index (χ1) is 12.2. The van der Waals surface area contributed by atoms with Gasteiger partial charge >= 0.3 is 0 Å². The highest BCUT2D eigenvalue weighted by molar-refractivity contribution is 9.11. The number of aromatic nitrogens is 2. The lowest BCUT2D eigenvalue weighted by atomic mass is 10.2. The number of hydrogen-bond acceptors (Lipinski definition) is 5. The van der Waals surface area contributed by atoms with E-state index in [9.17, 15) is 5.11 Å². The number of phenols is 1. The summed E-state index contributed by atoms with van der Waals surface area (Å²) >= 11 is 3.53. The first-order valence-corrected chi connectivity index (χ1v) is 8.74. The highest BCUT2D eigenvalue weighted by atomic mass is 79.9. The number of aromatic hydroxyl groups is 1. The molecular formula is C19H15BrN2O3. The van der Waals surface area contributed by atoms with Gasteiger partial charge in [0, 0.05) is 15.6 Å². The molecule has 3 aromatic rings. The van der Waals surface area contributed by atoms with Crippen LogP contribution in [0.4, 0.5) is 0 Å². The van der Waals surface area contributed by atoms with Gasteiger partial charge in [-0.3, -0.25) is 0 Å². The molecule has 0 amide bonds. The topological polar surface area (TPSA) is 68.4 Å². The Kier molecular flexibility index (Phi) is 4.28. The van der Waals surface area contributed by atoms with E-state index in [1.165, 1.54) is 0 Å². The van der Waals surface area contributed by atoms with E-state index in [0.29, 0.717) is 11.7 Å². The van der Waals surface area contributed by atoms with Gasteiger partial charge in [0.1, 0.15) is 17.6 Å². The zero-order chi connectivity index (χ0) is 17.2. The zero-order valence-electron chi connectivity index (χ0n) is 13.2. The number of hydrogen-bond donors (Lipinski definition) is 1. The predicted molar refractivity (Wildman–Crippen MR) is 97.5 cm³/mol. The average molecular weight is 399 g/mol. The molecule has 0 bridgehead atoms. The molecule has 6 heteroatoms. The largest absolute Gasteiger partial charge is 0.508 e. The molecule has 126 valence electrons. The molecule has 1 heterocycles. The molecule has 1 aliphatic rings. The summed E-state index contributed by atoms with van der Waals surface area (Å²) in [7, 11) is 0. The zero-order valence-corrected chi connectivity index (χ0v) is 14.8. The number of rotatable bonds is 4. The van der Waals surface area contributed by atoms with Crippen LogP contribution in [0.25, 0.3) is 22.8 Å². The third-order valence-electron chi connectivity index (χ3n) is 4.01. The fourth-order valence-corrected chi connectivity index (χ4v) is 3.22. The van der Waals surface area contributed by atoms with Crippen LogP contribution < -0.4 is 4.74 Å². The molecule has 0 spiro atoms. The monoisotopic (exact) mass is 398 g/mol. The van der Waals surface area contributed by atoms with E-state index in [1.807, 2.05) is 24.3 Å². The molecule has 4 rings (SSSR count). The maximum Gasteiger partial charge on any atom is 0.258 e. The third kappa shape index (κ3) is 3.44. The average Bonchev–Trinajstić information content (AvgIpc) is 3.26. The Hall–Kier alpha value is -2.60. The second kappa shape index (κ2) is 6.72. The van der Waals surface area contributed by atoms with Gasteiger partial charge in [-0.2, -0.15) is 4.98 Å². The summed E-state index contributed by atoms with van der Waals surface area (Å²) in [6.45, 7) is 0. The highest BCUT2D eigenvalue weighted by Gasteiger charge is 2.19. The van der Waals surface area contributed by atoms with Crippen LogP contribution in [0.1, 0.15) is 12.8 Å². The molecule has 0 saturated heterocycles. The standard InChI is InChI=1S/C19H15BrN2O3/c20-16-2-1-3-17(16)24-15-10-6-12(7-11-15)18-21-19(25-22-18)13-4-8-14(23)9-5-13/h2,4-11,17,23H,1,3H2. The second-order valence-electron chi connectivity index (χ2n) is 5.77. The van der Waals surface area contributed by atoms with Crippen molar-refractivity contribution >= 4 is 15.9 Å². The van der Waals surface area contributed by atoms with Crippen LogP contribution in [0.2, 0.25) is 0 Å². The molecule has 0 fully saturated rings. The molecule has 0 radical (unpaired) electrons. The van der Waals surface area contributed by atoms with E-state index < -0.39 is 0 Å². The van der Waals surface area contributed by atoms with Crippen LogP contribution in [0.15, 0.2) is 63.6 Å². The molecule has 1 aromatic heterocycles.